The fourth-order valence-electron chi connectivity index (χ4n) is 7.08. The van der Waals surface area contributed by atoms with Gasteiger partial charge in [-0.25, -0.2) is 0 Å². The lowest BCUT2D eigenvalue weighted by Crippen LogP contribution is -2.56. The van der Waals surface area contributed by atoms with Crippen LogP contribution < -0.4 is 0 Å². The third kappa shape index (κ3) is 3.03. The number of Topliss-reactive ketones (excluding diaryl/α,β-unsaturated/α-hetero) is 1. The number of aliphatic carboxylic acids is 1. The maximum atomic E-state index is 12.8. The molecule has 2 fully saturated rings. The first-order valence-corrected chi connectivity index (χ1v) is 10.6. The summed E-state index contributed by atoms with van der Waals surface area (Å²) in [5.74, 6) is -1.08. The van der Waals surface area contributed by atoms with Crippen LogP contribution in [0.15, 0.2) is 23.3 Å². The molecular weight excluding hydrogens is 372 g/mol. The zero-order chi connectivity index (χ0) is 21.1. The molecule has 0 aromatic heterocycles. The predicted octanol–water partition coefficient (Wildman–Crippen LogP) is 2.43. The summed E-state index contributed by atoms with van der Waals surface area (Å²) in [5, 5.41) is 30.3. The van der Waals surface area contributed by atoms with Crippen molar-refractivity contribution >= 4 is 17.5 Å². The zero-order valence-electron chi connectivity index (χ0n) is 17.1. The molecule has 0 amide bonds. The van der Waals surface area contributed by atoms with Gasteiger partial charge in [0.2, 0.25) is 0 Å². The van der Waals surface area contributed by atoms with E-state index in [1.165, 1.54) is 0 Å². The molecule has 0 saturated heterocycles. The molecule has 6 heteroatoms. The number of carbonyl (C=O) groups excluding carboxylic acids is 2. The van der Waals surface area contributed by atoms with Crippen LogP contribution in [0.4, 0.5) is 0 Å². The number of allylic oxidation sites excluding steroid dienone is 3. The van der Waals surface area contributed by atoms with Crippen molar-refractivity contribution in [2.45, 2.75) is 71.0 Å². The standard InChI is InChI=1S/C23H30O6/c1-22-8-7-13(24)9-12(22)3-4-14-15-5-6-16(21(29)17(25)10-19(27)28)23(15,2)11-18(26)20(14)22/h6,9,14-15,17-18,20,25-26H,3-5,7-8,10-11H2,1-2H3,(H,27,28)/t14-,15-,17?,18?,20+,22-,23-/m0/s1. The Balaban J connectivity index is 1.63. The fraction of sp³-hybridized carbons (Fsp3) is 0.696. The Morgan fingerprint density at radius 3 is 2.66 bits per heavy atom. The molecule has 4 rings (SSSR count). The SMILES string of the molecule is C[C@]12CCC(=O)C=C1CC[C@@H]1[C@@H]2C(O)C[C@]2(C)C(C(=O)C(O)CC(=O)O)=CC[C@@H]12. The van der Waals surface area contributed by atoms with Crippen molar-refractivity contribution in [3.63, 3.8) is 0 Å². The van der Waals surface area contributed by atoms with Crippen LogP contribution in [-0.4, -0.2) is 45.1 Å². The third-order valence-electron chi connectivity index (χ3n) is 8.41. The van der Waals surface area contributed by atoms with E-state index in [9.17, 15) is 24.6 Å². The van der Waals surface area contributed by atoms with E-state index in [-0.39, 0.29) is 29.0 Å². The molecule has 0 radical (unpaired) electrons. The molecule has 0 aliphatic heterocycles. The highest BCUT2D eigenvalue weighted by atomic mass is 16.4. The number of carboxylic acids is 1. The second-order valence-corrected chi connectivity index (χ2v) is 9.91. The molecule has 0 aromatic carbocycles. The van der Waals surface area contributed by atoms with Crippen molar-refractivity contribution in [3.8, 4) is 0 Å². The summed E-state index contributed by atoms with van der Waals surface area (Å²) >= 11 is 0. The highest BCUT2D eigenvalue weighted by Gasteiger charge is 2.61. The van der Waals surface area contributed by atoms with Crippen LogP contribution in [0.3, 0.4) is 0 Å². The highest BCUT2D eigenvalue weighted by Crippen LogP contribution is 2.65. The van der Waals surface area contributed by atoms with Crippen LogP contribution in [0.25, 0.3) is 0 Å². The minimum absolute atomic E-state index is 0.0560. The van der Waals surface area contributed by atoms with Crippen LogP contribution >= 0.6 is 0 Å². The van der Waals surface area contributed by atoms with Gasteiger partial charge < -0.3 is 15.3 Å². The van der Waals surface area contributed by atoms with Crippen LogP contribution in [0.5, 0.6) is 0 Å². The lowest BCUT2D eigenvalue weighted by molar-refractivity contribution is -0.143. The molecule has 4 aliphatic carbocycles. The fourth-order valence-corrected chi connectivity index (χ4v) is 7.08. The Morgan fingerprint density at radius 2 is 1.97 bits per heavy atom. The van der Waals surface area contributed by atoms with Crippen molar-refractivity contribution in [1.29, 1.82) is 0 Å². The second-order valence-electron chi connectivity index (χ2n) is 9.91. The van der Waals surface area contributed by atoms with E-state index >= 15 is 0 Å². The summed E-state index contributed by atoms with van der Waals surface area (Å²) < 4.78 is 0. The van der Waals surface area contributed by atoms with Gasteiger partial charge in [0, 0.05) is 17.4 Å². The normalized spacial score (nSPS) is 42.1. The molecule has 0 spiro atoms. The van der Waals surface area contributed by atoms with Gasteiger partial charge in [-0.05, 0) is 61.3 Å². The van der Waals surface area contributed by atoms with Gasteiger partial charge in [-0.2, -0.15) is 0 Å². The average Bonchev–Trinajstić information content (AvgIpc) is 2.97. The number of fused-ring (bicyclic) bond motifs is 5. The number of rotatable bonds is 4. The average molecular weight is 402 g/mol. The summed E-state index contributed by atoms with van der Waals surface area (Å²) in [6.07, 6.45) is 5.03. The topological polar surface area (TPSA) is 112 Å². The maximum Gasteiger partial charge on any atom is 0.306 e. The van der Waals surface area contributed by atoms with Gasteiger partial charge in [0.1, 0.15) is 6.10 Å². The molecule has 29 heavy (non-hydrogen) atoms. The van der Waals surface area contributed by atoms with E-state index in [1.54, 1.807) is 6.08 Å². The summed E-state index contributed by atoms with van der Waals surface area (Å²) in [4.78, 5) is 35.7. The molecule has 3 N–H and O–H groups in total. The lowest BCUT2D eigenvalue weighted by atomic mass is 9.46. The molecule has 158 valence electrons. The van der Waals surface area contributed by atoms with Crippen molar-refractivity contribution in [1.82, 2.24) is 0 Å². The second kappa shape index (κ2) is 6.88. The van der Waals surface area contributed by atoms with Gasteiger partial charge in [0.25, 0.3) is 0 Å². The van der Waals surface area contributed by atoms with E-state index in [1.807, 2.05) is 13.0 Å². The van der Waals surface area contributed by atoms with Crippen LogP contribution in [-0.2, 0) is 14.4 Å². The minimum Gasteiger partial charge on any atom is -0.481 e. The molecule has 4 aliphatic rings. The minimum atomic E-state index is -1.55. The molecule has 0 aromatic rings. The predicted molar refractivity (Wildman–Crippen MR) is 105 cm³/mol. The number of aliphatic hydroxyl groups is 2. The molecular formula is C23H30O6. The van der Waals surface area contributed by atoms with Crippen molar-refractivity contribution < 1.29 is 29.7 Å². The van der Waals surface area contributed by atoms with Gasteiger partial charge in [0.15, 0.2) is 11.6 Å². The van der Waals surface area contributed by atoms with Gasteiger partial charge >= 0.3 is 5.97 Å². The van der Waals surface area contributed by atoms with Gasteiger partial charge in [-0.15, -0.1) is 0 Å². The first-order valence-electron chi connectivity index (χ1n) is 10.6. The van der Waals surface area contributed by atoms with Gasteiger partial charge in [-0.1, -0.05) is 25.5 Å². The van der Waals surface area contributed by atoms with E-state index < -0.39 is 35.8 Å². The smallest absolute Gasteiger partial charge is 0.306 e. The van der Waals surface area contributed by atoms with E-state index in [0.29, 0.717) is 24.8 Å². The number of ketones is 2. The first-order chi connectivity index (χ1) is 13.6. The number of hydrogen-bond acceptors (Lipinski definition) is 5. The Morgan fingerprint density at radius 1 is 1.24 bits per heavy atom. The van der Waals surface area contributed by atoms with Crippen LogP contribution in [0.1, 0.15) is 58.8 Å². The molecule has 2 saturated carbocycles. The van der Waals surface area contributed by atoms with Crippen molar-refractivity contribution in [3.05, 3.63) is 23.3 Å². The maximum absolute atomic E-state index is 12.8. The van der Waals surface area contributed by atoms with Crippen LogP contribution in [0, 0.1) is 28.6 Å². The number of carboxylic acid groups (broad SMARTS) is 1. The third-order valence-corrected chi connectivity index (χ3v) is 8.41. The number of aliphatic hydroxyl groups excluding tert-OH is 2. The van der Waals surface area contributed by atoms with E-state index in [0.717, 1.165) is 24.8 Å². The zero-order valence-corrected chi connectivity index (χ0v) is 17.1. The number of carbonyl (C=O) groups is 3. The largest absolute Gasteiger partial charge is 0.481 e. The quantitative estimate of drug-likeness (QED) is 0.666. The molecule has 0 heterocycles. The molecule has 0 bridgehead atoms. The molecule has 7 atom stereocenters. The Hall–Kier alpha value is -1.79. The van der Waals surface area contributed by atoms with Crippen molar-refractivity contribution in [2.75, 3.05) is 0 Å². The summed E-state index contributed by atoms with van der Waals surface area (Å²) in [5.41, 5.74) is 0.905. The summed E-state index contributed by atoms with van der Waals surface area (Å²) in [7, 11) is 0. The summed E-state index contributed by atoms with van der Waals surface area (Å²) in [6.45, 7) is 4.17. The van der Waals surface area contributed by atoms with Crippen molar-refractivity contribution in [2.24, 2.45) is 28.6 Å². The molecule has 6 nitrogen and oxygen atoms in total. The number of hydrogen-bond donors (Lipinski definition) is 3. The van der Waals surface area contributed by atoms with E-state index in [2.05, 4.69) is 6.92 Å². The monoisotopic (exact) mass is 402 g/mol. The Kier molecular flexibility index (Phi) is 4.86. The Bertz CT molecular complexity index is 825. The van der Waals surface area contributed by atoms with Crippen LogP contribution in [0.2, 0.25) is 0 Å². The highest BCUT2D eigenvalue weighted by molar-refractivity contribution is 6.01. The van der Waals surface area contributed by atoms with Gasteiger partial charge in [-0.3, -0.25) is 14.4 Å². The first kappa shape index (κ1) is 20.5. The molecule has 2 unspecified atom stereocenters. The van der Waals surface area contributed by atoms with E-state index in [4.69, 9.17) is 5.11 Å². The Labute approximate surface area is 170 Å². The van der Waals surface area contributed by atoms with Gasteiger partial charge in [0.05, 0.1) is 12.5 Å². The lowest BCUT2D eigenvalue weighted by Gasteiger charge is -2.59. The summed E-state index contributed by atoms with van der Waals surface area (Å²) in [6, 6.07) is 0.